The van der Waals surface area contributed by atoms with Crippen molar-refractivity contribution in [1.29, 1.82) is 0 Å². The zero-order valence-corrected chi connectivity index (χ0v) is 11.5. The Kier molecular flexibility index (Phi) is 3.65. The van der Waals surface area contributed by atoms with Crippen LogP contribution in [0.1, 0.15) is 37.0 Å². The molecule has 0 bridgehead atoms. The Morgan fingerprint density at radius 3 is 2.60 bits per heavy atom. The molecule has 1 aromatic rings. The molecular weight excluding hydrogens is 260 g/mol. The van der Waals surface area contributed by atoms with Crippen molar-refractivity contribution in [3.63, 3.8) is 0 Å². The van der Waals surface area contributed by atoms with Crippen LogP contribution in [0.4, 0.5) is 11.4 Å². The van der Waals surface area contributed by atoms with Crippen molar-refractivity contribution in [1.82, 2.24) is 0 Å². The third-order valence-corrected chi connectivity index (χ3v) is 4.19. The molecular formula is C14H18N2O4. The quantitative estimate of drug-likeness (QED) is 0.616. The second-order valence-corrected chi connectivity index (χ2v) is 5.66. The lowest BCUT2D eigenvalue weighted by atomic mass is 9.92. The third kappa shape index (κ3) is 2.74. The summed E-state index contributed by atoms with van der Waals surface area (Å²) in [6.07, 6.45) is 2.21. The van der Waals surface area contributed by atoms with Crippen LogP contribution in [0.15, 0.2) is 18.2 Å². The van der Waals surface area contributed by atoms with Crippen molar-refractivity contribution >= 4 is 17.3 Å². The summed E-state index contributed by atoms with van der Waals surface area (Å²) in [5.41, 5.74) is 0.473. The Morgan fingerprint density at radius 1 is 1.50 bits per heavy atom. The Balaban J connectivity index is 2.22. The lowest BCUT2D eigenvalue weighted by Gasteiger charge is -2.21. The third-order valence-electron chi connectivity index (χ3n) is 4.19. The molecule has 6 heteroatoms. The Labute approximate surface area is 117 Å². The van der Waals surface area contributed by atoms with Crippen LogP contribution in [0.5, 0.6) is 0 Å². The molecule has 0 atom stereocenters. The van der Waals surface area contributed by atoms with Crippen LogP contribution in [0.25, 0.3) is 0 Å². The molecule has 2 N–H and O–H groups in total. The first-order valence-electron chi connectivity index (χ1n) is 6.61. The number of benzene rings is 1. The molecule has 0 aliphatic heterocycles. The van der Waals surface area contributed by atoms with Gasteiger partial charge in [0.05, 0.1) is 16.2 Å². The minimum atomic E-state index is -1.09. The van der Waals surface area contributed by atoms with Crippen molar-refractivity contribution in [3.8, 4) is 0 Å². The molecule has 6 nitrogen and oxygen atoms in total. The number of hydrogen-bond acceptors (Lipinski definition) is 4. The van der Waals surface area contributed by atoms with Gasteiger partial charge in [0.2, 0.25) is 0 Å². The number of carbonyl (C=O) groups is 1. The zero-order chi connectivity index (χ0) is 14.9. The number of nitro benzene ring substituents is 1. The van der Waals surface area contributed by atoms with Crippen molar-refractivity contribution in [2.75, 3.05) is 11.9 Å². The van der Waals surface area contributed by atoms with E-state index in [1.807, 2.05) is 0 Å². The van der Waals surface area contributed by atoms with Gasteiger partial charge in [0, 0.05) is 18.7 Å². The molecule has 108 valence electrons. The summed E-state index contributed by atoms with van der Waals surface area (Å²) in [6, 6.07) is 3.78. The number of nitrogens with zero attached hydrogens (tertiary/aromatic N) is 1. The lowest BCUT2D eigenvalue weighted by Crippen LogP contribution is -2.22. The van der Waals surface area contributed by atoms with Gasteiger partial charge in [-0.25, -0.2) is 4.79 Å². The van der Waals surface area contributed by atoms with Gasteiger partial charge in [-0.15, -0.1) is 0 Å². The molecule has 0 amide bonds. The van der Waals surface area contributed by atoms with Crippen LogP contribution < -0.4 is 5.32 Å². The van der Waals surface area contributed by atoms with Gasteiger partial charge in [-0.05, 0) is 30.2 Å². The van der Waals surface area contributed by atoms with E-state index < -0.39 is 10.9 Å². The summed E-state index contributed by atoms with van der Waals surface area (Å²) in [6.45, 7) is 4.92. The largest absolute Gasteiger partial charge is 0.478 e. The fraction of sp³-hybridized carbons (Fsp3) is 0.500. The van der Waals surface area contributed by atoms with E-state index in [9.17, 15) is 14.9 Å². The van der Waals surface area contributed by atoms with Gasteiger partial charge in [-0.3, -0.25) is 10.1 Å². The van der Waals surface area contributed by atoms with Crippen LogP contribution in [-0.4, -0.2) is 22.5 Å². The minimum absolute atomic E-state index is 0.0650. The van der Waals surface area contributed by atoms with Crippen LogP contribution >= 0.6 is 0 Å². The maximum Gasteiger partial charge on any atom is 0.337 e. The highest BCUT2D eigenvalue weighted by Crippen LogP contribution is 2.51. The molecule has 0 spiro atoms. The highest BCUT2D eigenvalue weighted by atomic mass is 16.6. The number of nitro groups is 1. The molecule has 0 saturated heterocycles. The number of carboxylic acids is 1. The van der Waals surface area contributed by atoms with Gasteiger partial charge in [0.1, 0.15) is 0 Å². The maximum absolute atomic E-state index is 11.2. The number of carboxylic acid groups (broad SMARTS) is 1. The van der Waals surface area contributed by atoms with Crippen LogP contribution in [-0.2, 0) is 0 Å². The number of nitrogens with one attached hydrogen (secondary N) is 1. The molecule has 0 aromatic heterocycles. The average molecular weight is 278 g/mol. The average Bonchev–Trinajstić information content (AvgIpc) is 3.16. The van der Waals surface area contributed by atoms with E-state index in [1.54, 1.807) is 0 Å². The summed E-state index contributed by atoms with van der Waals surface area (Å²) in [5, 5.41) is 23.0. The van der Waals surface area contributed by atoms with Crippen molar-refractivity contribution in [3.05, 3.63) is 33.9 Å². The predicted octanol–water partition coefficient (Wildman–Crippen LogP) is 3.14. The first-order valence-corrected chi connectivity index (χ1v) is 6.61. The zero-order valence-electron chi connectivity index (χ0n) is 11.5. The fourth-order valence-corrected chi connectivity index (χ4v) is 2.37. The first kappa shape index (κ1) is 14.3. The predicted molar refractivity (Wildman–Crippen MR) is 75.1 cm³/mol. The van der Waals surface area contributed by atoms with E-state index in [-0.39, 0.29) is 16.7 Å². The van der Waals surface area contributed by atoms with Crippen LogP contribution in [0.2, 0.25) is 0 Å². The van der Waals surface area contributed by atoms with Gasteiger partial charge in [0.15, 0.2) is 0 Å². The van der Waals surface area contributed by atoms with Crippen LogP contribution in [0, 0.1) is 21.4 Å². The summed E-state index contributed by atoms with van der Waals surface area (Å²) in [7, 11) is 0. The van der Waals surface area contributed by atoms with Gasteiger partial charge in [0.25, 0.3) is 5.69 Å². The maximum atomic E-state index is 11.2. The second-order valence-electron chi connectivity index (χ2n) is 5.66. The van der Waals surface area contributed by atoms with Crippen LogP contribution in [0.3, 0.4) is 0 Å². The van der Waals surface area contributed by atoms with Gasteiger partial charge in [-0.1, -0.05) is 13.8 Å². The van der Waals surface area contributed by atoms with Gasteiger partial charge >= 0.3 is 5.97 Å². The van der Waals surface area contributed by atoms with Gasteiger partial charge < -0.3 is 10.4 Å². The van der Waals surface area contributed by atoms with Crippen molar-refractivity contribution in [2.45, 2.75) is 26.7 Å². The number of rotatable bonds is 6. The smallest absolute Gasteiger partial charge is 0.337 e. The second kappa shape index (κ2) is 5.11. The topological polar surface area (TPSA) is 92.5 Å². The SMILES string of the molecule is CC(C)C1(CNc2cc([N+](=O)[O-])ccc2C(=O)O)CC1. The highest BCUT2D eigenvalue weighted by molar-refractivity contribution is 5.94. The van der Waals surface area contributed by atoms with Gasteiger partial charge in [-0.2, -0.15) is 0 Å². The molecule has 20 heavy (non-hydrogen) atoms. The summed E-state index contributed by atoms with van der Waals surface area (Å²) < 4.78 is 0. The summed E-state index contributed by atoms with van der Waals surface area (Å²) >= 11 is 0. The minimum Gasteiger partial charge on any atom is -0.478 e. The number of hydrogen-bond donors (Lipinski definition) is 2. The van der Waals surface area contributed by atoms with E-state index in [4.69, 9.17) is 5.11 Å². The molecule has 2 rings (SSSR count). The Hall–Kier alpha value is -2.11. The van der Waals surface area contributed by atoms with E-state index in [2.05, 4.69) is 19.2 Å². The molecule has 1 saturated carbocycles. The molecule has 0 radical (unpaired) electrons. The number of aromatic carboxylic acids is 1. The van der Waals surface area contributed by atoms with Crippen molar-refractivity contribution in [2.24, 2.45) is 11.3 Å². The number of non-ortho nitro benzene ring substituents is 1. The molecule has 1 aromatic carbocycles. The molecule has 1 fully saturated rings. The van der Waals surface area contributed by atoms with E-state index in [0.29, 0.717) is 18.2 Å². The normalized spacial score (nSPS) is 15.9. The standard InChI is InChI=1S/C14H18N2O4/c1-9(2)14(5-6-14)8-15-12-7-10(16(19)20)3-4-11(12)13(17)18/h3-4,7,9,15H,5-6,8H2,1-2H3,(H,17,18). The number of anilines is 1. The summed E-state index contributed by atoms with van der Waals surface area (Å²) in [5.74, 6) is -0.584. The fourth-order valence-electron chi connectivity index (χ4n) is 2.37. The van der Waals surface area contributed by atoms with E-state index in [1.165, 1.54) is 18.2 Å². The monoisotopic (exact) mass is 278 g/mol. The first-order chi connectivity index (χ1) is 9.35. The van der Waals surface area contributed by atoms with E-state index in [0.717, 1.165) is 12.8 Å². The molecule has 1 aliphatic carbocycles. The van der Waals surface area contributed by atoms with Crippen molar-refractivity contribution < 1.29 is 14.8 Å². The Morgan fingerprint density at radius 2 is 2.15 bits per heavy atom. The molecule has 0 unspecified atom stereocenters. The lowest BCUT2D eigenvalue weighted by molar-refractivity contribution is -0.384. The summed E-state index contributed by atoms with van der Waals surface area (Å²) in [4.78, 5) is 21.4. The Bertz CT molecular complexity index is 550. The highest BCUT2D eigenvalue weighted by Gasteiger charge is 2.45. The molecule has 0 heterocycles. The van der Waals surface area contributed by atoms with E-state index >= 15 is 0 Å². The molecule has 1 aliphatic rings.